The first-order valence-electron chi connectivity index (χ1n) is 12.4. The number of carboxylic acids is 1. The van der Waals surface area contributed by atoms with Gasteiger partial charge in [-0.1, -0.05) is 50.2 Å². The van der Waals surface area contributed by atoms with Crippen LogP contribution in [0, 0.1) is 19.8 Å². The fourth-order valence-corrected chi connectivity index (χ4v) is 4.46. The molecule has 3 aromatic carbocycles. The SMILES string of the molecule is Cc1cc(C)cc(Nc2ccc(CCC(=O)O)c(C(=O)N[C@H](CC(C)C)c3cccc(CN)c3)c2)c1. The predicted octanol–water partition coefficient (Wildman–Crippen LogP) is 6.04. The van der Waals surface area contributed by atoms with E-state index in [9.17, 15) is 14.7 Å². The van der Waals surface area contributed by atoms with Gasteiger partial charge in [0.15, 0.2) is 0 Å². The Bertz CT molecular complexity index is 1200. The molecule has 0 bridgehead atoms. The fourth-order valence-electron chi connectivity index (χ4n) is 4.46. The summed E-state index contributed by atoms with van der Waals surface area (Å²) in [4.78, 5) is 24.9. The third-order valence-corrected chi connectivity index (χ3v) is 6.07. The van der Waals surface area contributed by atoms with Gasteiger partial charge >= 0.3 is 5.97 Å². The summed E-state index contributed by atoms with van der Waals surface area (Å²) in [5, 5.41) is 15.8. The highest BCUT2D eigenvalue weighted by Gasteiger charge is 2.20. The molecule has 190 valence electrons. The van der Waals surface area contributed by atoms with Gasteiger partial charge in [-0.2, -0.15) is 0 Å². The normalized spacial score (nSPS) is 11.8. The summed E-state index contributed by atoms with van der Waals surface area (Å²) in [6, 6.07) is 19.5. The van der Waals surface area contributed by atoms with Crippen molar-refractivity contribution in [3.63, 3.8) is 0 Å². The first-order chi connectivity index (χ1) is 17.1. The van der Waals surface area contributed by atoms with Crippen LogP contribution in [0.3, 0.4) is 0 Å². The van der Waals surface area contributed by atoms with E-state index >= 15 is 0 Å². The van der Waals surface area contributed by atoms with Gasteiger partial charge in [0.05, 0.1) is 6.04 Å². The van der Waals surface area contributed by atoms with E-state index in [1.807, 2.05) is 68.4 Å². The lowest BCUT2D eigenvalue weighted by molar-refractivity contribution is -0.136. The molecule has 0 aliphatic rings. The highest BCUT2D eigenvalue weighted by Crippen LogP contribution is 2.26. The van der Waals surface area contributed by atoms with Crippen LogP contribution in [0.25, 0.3) is 0 Å². The van der Waals surface area contributed by atoms with Crippen LogP contribution in [0.5, 0.6) is 0 Å². The molecule has 0 saturated heterocycles. The minimum Gasteiger partial charge on any atom is -0.481 e. The Balaban J connectivity index is 1.94. The average Bonchev–Trinajstić information content (AvgIpc) is 2.81. The lowest BCUT2D eigenvalue weighted by Crippen LogP contribution is -2.30. The Labute approximate surface area is 213 Å². The quantitative estimate of drug-likeness (QED) is 0.264. The number of nitrogens with two attached hydrogens (primary N) is 1. The van der Waals surface area contributed by atoms with E-state index in [0.717, 1.165) is 40.0 Å². The third kappa shape index (κ3) is 7.68. The van der Waals surface area contributed by atoms with Crippen LogP contribution in [0.1, 0.15) is 70.9 Å². The van der Waals surface area contributed by atoms with Crippen LogP contribution in [-0.4, -0.2) is 17.0 Å². The van der Waals surface area contributed by atoms with Crippen molar-refractivity contribution in [1.82, 2.24) is 5.32 Å². The summed E-state index contributed by atoms with van der Waals surface area (Å²) in [5.41, 5.74) is 13.1. The van der Waals surface area contributed by atoms with E-state index in [-0.39, 0.29) is 24.8 Å². The molecule has 1 atom stereocenters. The van der Waals surface area contributed by atoms with E-state index < -0.39 is 5.97 Å². The number of carbonyl (C=O) groups is 2. The van der Waals surface area contributed by atoms with Crippen molar-refractivity contribution in [2.24, 2.45) is 11.7 Å². The Hall–Kier alpha value is -3.64. The summed E-state index contributed by atoms with van der Waals surface area (Å²) in [6.45, 7) is 8.76. The smallest absolute Gasteiger partial charge is 0.303 e. The van der Waals surface area contributed by atoms with Crippen molar-refractivity contribution in [2.45, 2.75) is 59.5 Å². The molecular weight excluding hydrogens is 450 g/mol. The first-order valence-corrected chi connectivity index (χ1v) is 12.4. The zero-order valence-corrected chi connectivity index (χ0v) is 21.6. The molecule has 5 N–H and O–H groups in total. The van der Waals surface area contributed by atoms with Gasteiger partial charge < -0.3 is 21.5 Å². The van der Waals surface area contributed by atoms with E-state index in [0.29, 0.717) is 23.6 Å². The molecule has 6 heteroatoms. The molecule has 0 unspecified atom stereocenters. The summed E-state index contributed by atoms with van der Waals surface area (Å²) in [7, 11) is 0. The van der Waals surface area contributed by atoms with Gasteiger partial charge in [-0.05, 0) is 84.7 Å². The van der Waals surface area contributed by atoms with Gasteiger partial charge in [0, 0.05) is 29.9 Å². The number of amides is 1. The van der Waals surface area contributed by atoms with Gasteiger partial charge in [-0.15, -0.1) is 0 Å². The minimum atomic E-state index is -0.893. The fraction of sp³-hybridized carbons (Fsp3) is 0.333. The Morgan fingerprint density at radius 2 is 1.67 bits per heavy atom. The minimum absolute atomic E-state index is 0.0436. The zero-order chi connectivity index (χ0) is 26.2. The van der Waals surface area contributed by atoms with Crippen molar-refractivity contribution in [2.75, 3.05) is 5.32 Å². The number of benzene rings is 3. The monoisotopic (exact) mass is 487 g/mol. The van der Waals surface area contributed by atoms with Gasteiger partial charge in [-0.25, -0.2) is 0 Å². The number of aryl methyl sites for hydroxylation is 3. The molecule has 6 nitrogen and oxygen atoms in total. The van der Waals surface area contributed by atoms with Gasteiger partial charge in [0.2, 0.25) is 0 Å². The molecule has 0 aliphatic carbocycles. The second kappa shape index (κ2) is 12.4. The number of carboxylic acid groups (broad SMARTS) is 1. The standard InChI is InChI=1S/C30H37N3O3/c1-19(2)12-28(24-7-5-6-22(16-24)18-31)33-30(36)27-17-25(10-8-23(27)9-11-29(34)35)32-26-14-20(3)13-21(4)15-26/h5-8,10,13-17,19,28,32H,9,11-12,18,31H2,1-4H3,(H,33,36)(H,34,35)/t28-/m1/s1. The number of aliphatic carboxylic acids is 1. The third-order valence-electron chi connectivity index (χ3n) is 6.07. The average molecular weight is 488 g/mol. The molecule has 0 fully saturated rings. The number of carbonyl (C=O) groups excluding carboxylic acids is 1. The number of rotatable bonds is 11. The van der Waals surface area contributed by atoms with Crippen molar-refractivity contribution in [1.29, 1.82) is 0 Å². The van der Waals surface area contributed by atoms with Gasteiger partial charge in [0.1, 0.15) is 0 Å². The van der Waals surface area contributed by atoms with Gasteiger partial charge in [-0.3, -0.25) is 9.59 Å². The van der Waals surface area contributed by atoms with Crippen molar-refractivity contribution >= 4 is 23.3 Å². The first kappa shape index (κ1) is 27.0. The van der Waals surface area contributed by atoms with E-state index in [2.05, 4.69) is 30.5 Å². The largest absolute Gasteiger partial charge is 0.481 e. The number of nitrogens with one attached hydrogen (secondary N) is 2. The highest BCUT2D eigenvalue weighted by molar-refractivity contribution is 5.97. The van der Waals surface area contributed by atoms with Crippen LogP contribution < -0.4 is 16.4 Å². The maximum Gasteiger partial charge on any atom is 0.303 e. The van der Waals surface area contributed by atoms with Crippen LogP contribution >= 0.6 is 0 Å². The van der Waals surface area contributed by atoms with Crippen LogP contribution in [0.2, 0.25) is 0 Å². The number of anilines is 2. The lowest BCUT2D eigenvalue weighted by atomic mass is 9.94. The molecule has 36 heavy (non-hydrogen) atoms. The maximum absolute atomic E-state index is 13.6. The molecular formula is C30H37N3O3. The summed E-state index contributed by atoms with van der Waals surface area (Å²) >= 11 is 0. The Morgan fingerprint density at radius 3 is 2.31 bits per heavy atom. The summed E-state index contributed by atoms with van der Waals surface area (Å²) < 4.78 is 0. The molecule has 3 aromatic rings. The number of hydrogen-bond acceptors (Lipinski definition) is 4. The molecule has 0 radical (unpaired) electrons. The van der Waals surface area contributed by atoms with E-state index in [4.69, 9.17) is 5.73 Å². The number of hydrogen-bond donors (Lipinski definition) is 4. The molecule has 1 amide bonds. The Morgan fingerprint density at radius 1 is 0.944 bits per heavy atom. The molecule has 0 spiro atoms. The van der Waals surface area contributed by atoms with Crippen LogP contribution in [-0.2, 0) is 17.8 Å². The lowest BCUT2D eigenvalue weighted by Gasteiger charge is -2.23. The topological polar surface area (TPSA) is 104 Å². The van der Waals surface area contributed by atoms with Crippen LogP contribution in [0.4, 0.5) is 11.4 Å². The van der Waals surface area contributed by atoms with Crippen molar-refractivity contribution in [3.8, 4) is 0 Å². The second-order valence-corrected chi connectivity index (χ2v) is 9.87. The van der Waals surface area contributed by atoms with Crippen LogP contribution in [0.15, 0.2) is 60.7 Å². The molecule has 3 rings (SSSR count). The van der Waals surface area contributed by atoms with Gasteiger partial charge in [0.25, 0.3) is 5.91 Å². The summed E-state index contributed by atoms with van der Waals surface area (Å²) in [6.07, 6.45) is 1.00. The highest BCUT2D eigenvalue weighted by atomic mass is 16.4. The molecule has 0 aromatic heterocycles. The van der Waals surface area contributed by atoms with Crippen molar-refractivity contribution in [3.05, 3.63) is 94.0 Å². The van der Waals surface area contributed by atoms with Crippen molar-refractivity contribution < 1.29 is 14.7 Å². The van der Waals surface area contributed by atoms with E-state index in [1.54, 1.807) is 0 Å². The summed E-state index contributed by atoms with van der Waals surface area (Å²) in [5.74, 6) is -0.751. The predicted molar refractivity (Wildman–Crippen MR) is 146 cm³/mol. The molecule has 0 aliphatic heterocycles. The molecule has 0 saturated carbocycles. The van der Waals surface area contributed by atoms with E-state index in [1.165, 1.54) is 0 Å². The second-order valence-electron chi connectivity index (χ2n) is 9.87. The maximum atomic E-state index is 13.6. The Kier molecular flexibility index (Phi) is 9.25. The zero-order valence-electron chi connectivity index (χ0n) is 21.6. The molecule has 0 heterocycles.